The molecule has 9 rings (SSSR count). The van der Waals surface area contributed by atoms with Gasteiger partial charge in [0.25, 0.3) is 0 Å². The molecule has 286 valence electrons. The highest BCUT2D eigenvalue weighted by molar-refractivity contribution is 6.40. The lowest BCUT2D eigenvalue weighted by molar-refractivity contribution is -0.141. The average Bonchev–Trinajstić information content (AvgIpc) is 3.50. The molecule has 0 aromatic heterocycles. The zero-order valence-electron chi connectivity index (χ0n) is 29.7. The van der Waals surface area contributed by atoms with Crippen LogP contribution in [0.15, 0.2) is 109 Å². The highest BCUT2D eigenvalue weighted by atomic mass is 19.4. The van der Waals surface area contributed by atoms with Crippen molar-refractivity contribution in [3.63, 3.8) is 0 Å². The molecule has 2 nitrogen and oxygen atoms in total. The molecule has 0 spiro atoms. The summed E-state index contributed by atoms with van der Waals surface area (Å²) in [7, 11) is 1.29. The molecule has 0 amide bonds. The molecule has 0 aliphatic heterocycles. The fourth-order valence-electron chi connectivity index (χ4n) is 8.56. The van der Waals surface area contributed by atoms with Gasteiger partial charge in [-0.15, -0.1) is 0 Å². The quantitative estimate of drug-likeness (QED) is 0.0727. The number of halogens is 9. The van der Waals surface area contributed by atoms with Gasteiger partial charge < -0.3 is 4.74 Å². The number of aryl methyl sites for hydroxylation is 1. The molecule has 0 atom stereocenters. The van der Waals surface area contributed by atoms with Crippen molar-refractivity contribution in [3.8, 4) is 44.5 Å². The van der Waals surface area contributed by atoms with Crippen LogP contribution in [0.25, 0.3) is 87.6 Å². The lowest BCUT2D eigenvalue weighted by Gasteiger charge is -2.22. The molecule has 0 saturated carbocycles. The van der Waals surface area contributed by atoms with E-state index in [1.54, 1.807) is 6.07 Å². The molecule has 0 bridgehead atoms. The molecule has 0 N–H and O–H groups in total. The SMILES string of the molecule is COC(=O)CCCc1ccc2c3ccc4c5c(cc(-c6ccc(C(F)(F)F)cc6)c(c6ccc(-c7ccc(C(F)(F)F)cc7)c1c26)c53)-c1cc(C(F)(F)F)ccc1-4. The molecule has 0 saturated heterocycles. The molecular formula is C46H27F9O2. The second kappa shape index (κ2) is 12.7. The van der Waals surface area contributed by atoms with Gasteiger partial charge in [0.2, 0.25) is 0 Å². The Morgan fingerprint density at radius 1 is 0.456 bits per heavy atom. The highest BCUT2D eigenvalue weighted by Crippen LogP contribution is 2.56. The maximum atomic E-state index is 14.1. The van der Waals surface area contributed by atoms with Gasteiger partial charge in [-0.2, -0.15) is 39.5 Å². The summed E-state index contributed by atoms with van der Waals surface area (Å²) in [5.41, 5.74) is 2.54. The van der Waals surface area contributed by atoms with Gasteiger partial charge >= 0.3 is 24.5 Å². The fraction of sp³-hybridized carbons (Fsp3) is 0.152. The van der Waals surface area contributed by atoms with Crippen molar-refractivity contribution >= 4 is 49.1 Å². The number of fused-ring (bicyclic) bond motifs is 5. The topological polar surface area (TPSA) is 26.3 Å². The Hall–Kier alpha value is -6.10. The number of carbonyl (C=O) groups excluding carboxylic acids is 1. The minimum Gasteiger partial charge on any atom is -0.469 e. The van der Waals surface area contributed by atoms with Gasteiger partial charge in [0.05, 0.1) is 23.8 Å². The van der Waals surface area contributed by atoms with Crippen LogP contribution >= 0.6 is 0 Å². The van der Waals surface area contributed by atoms with Crippen LogP contribution in [-0.4, -0.2) is 13.1 Å². The summed E-state index contributed by atoms with van der Waals surface area (Å²) in [4.78, 5) is 12.1. The Balaban J connectivity index is 1.40. The summed E-state index contributed by atoms with van der Waals surface area (Å²) in [6.45, 7) is 0. The molecular weight excluding hydrogens is 755 g/mol. The predicted molar refractivity (Wildman–Crippen MR) is 203 cm³/mol. The Kier molecular flexibility index (Phi) is 8.14. The second-order valence-electron chi connectivity index (χ2n) is 14.3. The Bertz CT molecular complexity index is 2920. The van der Waals surface area contributed by atoms with Gasteiger partial charge in [-0.1, -0.05) is 66.7 Å². The van der Waals surface area contributed by atoms with Crippen LogP contribution in [0.3, 0.4) is 0 Å². The number of methoxy groups -OCH3 is 1. The van der Waals surface area contributed by atoms with Crippen molar-refractivity contribution in [1.82, 2.24) is 0 Å². The molecule has 1 aliphatic carbocycles. The summed E-state index contributed by atoms with van der Waals surface area (Å²) in [6, 6.07) is 26.1. The van der Waals surface area contributed by atoms with E-state index in [1.807, 2.05) is 36.4 Å². The number of carbonyl (C=O) groups is 1. The van der Waals surface area contributed by atoms with E-state index in [-0.39, 0.29) is 6.42 Å². The highest BCUT2D eigenvalue weighted by Gasteiger charge is 2.35. The smallest absolute Gasteiger partial charge is 0.416 e. The largest absolute Gasteiger partial charge is 0.469 e. The van der Waals surface area contributed by atoms with Crippen LogP contribution < -0.4 is 0 Å². The van der Waals surface area contributed by atoms with E-state index in [4.69, 9.17) is 4.74 Å². The van der Waals surface area contributed by atoms with Crippen molar-refractivity contribution in [2.45, 2.75) is 37.8 Å². The minimum atomic E-state index is -4.62. The van der Waals surface area contributed by atoms with Crippen LogP contribution in [0.5, 0.6) is 0 Å². The third-order valence-electron chi connectivity index (χ3n) is 11.1. The predicted octanol–water partition coefficient (Wildman–Crippen LogP) is 14.3. The van der Waals surface area contributed by atoms with Crippen LogP contribution in [0, 0.1) is 0 Å². The first kappa shape index (κ1) is 36.5. The molecule has 0 radical (unpaired) electrons. The molecule has 8 aromatic carbocycles. The number of hydrogen-bond acceptors (Lipinski definition) is 2. The number of hydrogen-bond donors (Lipinski definition) is 0. The van der Waals surface area contributed by atoms with E-state index in [9.17, 15) is 44.3 Å². The number of alkyl halides is 9. The van der Waals surface area contributed by atoms with Gasteiger partial charge in [0, 0.05) is 6.42 Å². The third-order valence-corrected chi connectivity index (χ3v) is 11.1. The normalized spacial score (nSPS) is 13.0. The van der Waals surface area contributed by atoms with E-state index in [0.29, 0.717) is 73.5 Å². The van der Waals surface area contributed by atoms with Gasteiger partial charge in [0.1, 0.15) is 0 Å². The zero-order valence-corrected chi connectivity index (χ0v) is 29.7. The van der Waals surface area contributed by atoms with E-state index in [1.165, 1.54) is 37.4 Å². The average molecular weight is 783 g/mol. The van der Waals surface area contributed by atoms with Gasteiger partial charge in [-0.25, -0.2) is 0 Å². The Morgan fingerprint density at radius 3 is 1.60 bits per heavy atom. The third kappa shape index (κ3) is 5.85. The van der Waals surface area contributed by atoms with Gasteiger partial charge in [0.15, 0.2) is 0 Å². The van der Waals surface area contributed by atoms with Gasteiger partial charge in [-0.05, 0) is 148 Å². The van der Waals surface area contributed by atoms with Crippen molar-refractivity contribution in [1.29, 1.82) is 0 Å². The van der Waals surface area contributed by atoms with E-state index >= 15 is 0 Å². The molecule has 1 aliphatic rings. The van der Waals surface area contributed by atoms with E-state index < -0.39 is 41.2 Å². The van der Waals surface area contributed by atoms with Gasteiger partial charge in [-0.3, -0.25) is 4.79 Å². The summed E-state index contributed by atoms with van der Waals surface area (Å²) in [5, 5.41) is 5.78. The Morgan fingerprint density at radius 2 is 0.982 bits per heavy atom. The second-order valence-corrected chi connectivity index (χ2v) is 14.3. The van der Waals surface area contributed by atoms with Crippen molar-refractivity contribution in [2.24, 2.45) is 0 Å². The van der Waals surface area contributed by atoms with E-state index in [2.05, 4.69) is 0 Å². The Labute approximate surface area is 318 Å². The van der Waals surface area contributed by atoms with Crippen LogP contribution in [-0.2, 0) is 34.5 Å². The first-order chi connectivity index (χ1) is 27.0. The van der Waals surface area contributed by atoms with Crippen molar-refractivity contribution < 1.29 is 49.0 Å². The molecule has 0 unspecified atom stereocenters. The molecule has 11 heteroatoms. The minimum absolute atomic E-state index is 0.122. The zero-order chi connectivity index (χ0) is 40.2. The monoisotopic (exact) mass is 782 g/mol. The maximum Gasteiger partial charge on any atom is 0.416 e. The molecule has 8 aromatic rings. The number of benzene rings is 8. The van der Waals surface area contributed by atoms with Crippen molar-refractivity contribution in [3.05, 3.63) is 131 Å². The van der Waals surface area contributed by atoms with Crippen LogP contribution in [0.2, 0.25) is 0 Å². The first-order valence-electron chi connectivity index (χ1n) is 17.9. The van der Waals surface area contributed by atoms with Crippen molar-refractivity contribution in [2.75, 3.05) is 7.11 Å². The molecule has 57 heavy (non-hydrogen) atoms. The number of esters is 1. The fourth-order valence-corrected chi connectivity index (χ4v) is 8.56. The summed E-state index contributed by atoms with van der Waals surface area (Å²) in [5.74, 6) is -0.400. The number of ether oxygens (including phenoxy) is 1. The summed E-state index contributed by atoms with van der Waals surface area (Å²) in [6.07, 6.45) is -12.8. The van der Waals surface area contributed by atoms with Crippen LogP contribution in [0.4, 0.5) is 39.5 Å². The van der Waals surface area contributed by atoms with Crippen LogP contribution in [0.1, 0.15) is 35.1 Å². The molecule has 0 fully saturated rings. The first-order valence-corrected chi connectivity index (χ1v) is 17.9. The lowest BCUT2D eigenvalue weighted by Crippen LogP contribution is -2.04. The summed E-state index contributed by atoms with van der Waals surface area (Å²) >= 11 is 0. The molecule has 0 heterocycles. The summed E-state index contributed by atoms with van der Waals surface area (Å²) < 4.78 is 129. The standard InChI is InChI=1S/C46H27F9O2/c1-57-38(56)4-2-3-25-9-15-32-33-19-18-31-30-16-14-28(46(53,54)55)21-36(30)37-22-35(24-7-12-27(13-8-24)45(50,51)52)42(43(33)41(31)37)34-20-17-29(39(25)40(32)34)23-5-10-26(11-6-23)44(47,48)49/h5-22H,2-4H2,1H3. The lowest BCUT2D eigenvalue weighted by atomic mass is 9.81. The maximum absolute atomic E-state index is 14.1. The number of rotatable bonds is 6. The van der Waals surface area contributed by atoms with E-state index in [0.717, 1.165) is 68.9 Å².